The molecule has 3 aromatic carbocycles. The molecule has 0 radical (unpaired) electrons. The molecule has 0 spiro atoms. The summed E-state index contributed by atoms with van der Waals surface area (Å²) in [7, 11) is 0. The van der Waals surface area contributed by atoms with Gasteiger partial charge in [0.25, 0.3) is 5.56 Å². The number of aromatic nitrogens is 1. The van der Waals surface area contributed by atoms with Crippen molar-refractivity contribution in [3.63, 3.8) is 0 Å². The van der Waals surface area contributed by atoms with Gasteiger partial charge in [-0.2, -0.15) is 0 Å². The molecule has 4 rings (SSSR count). The van der Waals surface area contributed by atoms with Crippen LogP contribution < -0.4 is 10.9 Å². The highest BCUT2D eigenvalue weighted by Gasteiger charge is 2.17. The summed E-state index contributed by atoms with van der Waals surface area (Å²) in [6, 6.07) is 26.6. The fourth-order valence-corrected chi connectivity index (χ4v) is 4.45. The number of aromatic amines is 1. The van der Waals surface area contributed by atoms with Crippen LogP contribution in [0.5, 0.6) is 0 Å². The Morgan fingerprint density at radius 2 is 1.64 bits per heavy atom. The Morgan fingerprint density at radius 1 is 0.970 bits per heavy atom. The van der Waals surface area contributed by atoms with E-state index in [1.54, 1.807) is 0 Å². The highest BCUT2D eigenvalue weighted by Crippen LogP contribution is 2.20. The van der Waals surface area contributed by atoms with Crippen LogP contribution in [0, 0.1) is 13.8 Å². The number of hydrogen-bond acceptors (Lipinski definition) is 2. The van der Waals surface area contributed by atoms with Crippen LogP contribution in [0.2, 0.25) is 0 Å². The molecule has 1 atom stereocenters. The molecule has 0 amide bonds. The average Bonchev–Trinajstić information content (AvgIpc) is 2.80. The zero-order valence-electron chi connectivity index (χ0n) is 19.3. The fourth-order valence-electron chi connectivity index (χ4n) is 4.14. The monoisotopic (exact) mass is 455 g/mol. The molecule has 1 heterocycles. The van der Waals surface area contributed by atoms with E-state index in [0.29, 0.717) is 23.8 Å². The number of nitrogens with one attached hydrogen (secondary N) is 2. The van der Waals surface area contributed by atoms with Crippen LogP contribution in [-0.4, -0.2) is 15.0 Å². The lowest BCUT2D eigenvalue weighted by Crippen LogP contribution is -2.41. The maximum atomic E-state index is 13.0. The van der Waals surface area contributed by atoms with Crippen LogP contribution in [0.1, 0.15) is 40.8 Å². The first kappa shape index (κ1) is 22.7. The third-order valence-corrected chi connectivity index (χ3v) is 6.27. The fraction of sp³-hybridized carbons (Fsp3) is 0.214. The van der Waals surface area contributed by atoms with E-state index in [0.717, 1.165) is 33.2 Å². The van der Waals surface area contributed by atoms with Crippen molar-refractivity contribution in [1.29, 1.82) is 0 Å². The summed E-state index contributed by atoms with van der Waals surface area (Å²) in [5.41, 5.74) is 6.07. The number of fused-ring (bicyclic) bond motifs is 1. The van der Waals surface area contributed by atoms with Crippen molar-refractivity contribution in [3.8, 4) is 0 Å². The number of rotatable bonds is 6. The minimum absolute atomic E-state index is 0.0529. The quantitative estimate of drug-likeness (QED) is 0.362. The molecule has 0 saturated carbocycles. The Bertz CT molecular complexity index is 1320. The predicted octanol–water partition coefficient (Wildman–Crippen LogP) is 5.78. The van der Waals surface area contributed by atoms with Gasteiger partial charge in [0.2, 0.25) is 0 Å². The van der Waals surface area contributed by atoms with E-state index in [1.807, 2.05) is 55.5 Å². The second-order valence-corrected chi connectivity index (χ2v) is 8.98. The highest BCUT2D eigenvalue weighted by molar-refractivity contribution is 7.80. The number of hydrogen-bond donors (Lipinski definition) is 2. The van der Waals surface area contributed by atoms with Gasteiger partial charge in [-0.1, -0.05) is 66.7 Å². The van der Waals surface area contributed by atoms with Crippen molar-refractivity contribution in [2.45, 2.75) is 39.9 Å². The molecule has 0 saturated heterocycles. The molecule has 0 bridgehead atoms. The Balaban J connectivity index is 1.64. The minimum Gasteiger partial charge on any atom is -0.356 e. The van der Waals surface area contributed by atoms with Gasteiger partial charge in [0.1, 0.15) is 0 Å². The molecule has 0 aliphatic heterocycles. The molecule has 0 aliphatic rings. The maximum absolute atomic E-state index is 13.0. The maximum Gasteiger partial charge on any atom is 0.253 e. The van der Waals surface area contributed by atoms with Crippen LogP contribution in [0.3, 0.4) is 0 Å². The van der Waals surface area contributed by atoms with Gasteiger partial charge in [-0.05, 0) is 67.4 Å². The molecule has 5 heteroatoms. The molecular formula is C28H29N3OS. The molecule has 4 nitrogen and oxygen atoms in total. The number of thiocarbonyl (C=S) groups is 1. The molecule has 0 aliphatic carbocycles. The van der Waals surface area contributed by atoms with Crippen LogP contribution in [-0.2, 0) is 13.1 Å². The summed E-state index contributed by atoms with van der Waals surface area (Å²) >= 11 is 5.83. The van der Waals surface area contributed by atoms with Crippen molar-refractivity contribution in [3.05, 3.63) is 117 Å². The highest BCUT2D eigenvalue weighted by atomic mass is 32.1. The Morgan fingerprint density at radius 3 is 2.33 bits per heavy atom. The standard InChI is InChI=1S/C28H29N3OS/c1-19-14-20(2)25-16-24(27(32)30-26(25)15-19)18-31(17-22-10-6-4-7-11-22)28(33)29-21(3)23-12-8-5-9-13-23/h4-16,21H,17-18H2,1-3H3,(H,29,33)(H,30,32). The zero-order valence-corrected chi connectivity index (χ0v) is 20.1. The summed E-state index contributed by atoms with van der Waals surface area (Å²) < 4.78 is 0. The van der Waals surface area contributed by atoms with E-state index in [-0.39, 0.29) is 11.6 Å². The van der Waals surface area contributed by atoms with Crippen molar-refractivity contribution >= 4 is 28.2 Å². The number of H-pyrrole nitrogens is 1. The molecule has 4 aromatic rings. The first-order valence-electron chi connectivity index (χ1n) is 11.2. The van der Waals surface area contributed by atoms with E-state index in [2.05, 4.69) is 59.4 Å². The van der Waals surface area contributed by atoms with Gasteiger partial charge < -0.3 is 15.2 Å². The second-order valence-electron chi connectivity index (χ2n) is 8.59. The zero-order chi connectivity index (χ0) is 23.4. The number of nitrogens with zero attached hydrogens (tertiary/aromatic N) is 1. The summed E-state index contributed by atoms with van der Waals surface area (Å²) in [4.78, 5) is 18.1. The first-order valence-corrected chi connectivity index (χ1v) is 11.6. The van der Waals surface area contributed by atoms with Gasteiger partial charge in [-0.3, -0.25) is 4.79 Å². The predicted molar refractivity (Wildman–Crippen MR) is 140 cm³/mol. The van der Waals surface area contributed by atoms with Crippen LogP contribution >= 0.6 is 12.2 Å². The number of pyridine rings is 1. The lowest BCUT2D eigenvalue weighted by atomic mass is 10.0. The van der Waals surface area contributed by atoms with Crippen LogP contribution in [0.15, 0.2) is 83.7 Å². The van der Waals surface area contributed by atoms with Gasteiger partial charge in [0, 0.05) is 23.0 Å². The molecule has 1 unspecified atom stereocenters. The van der Waals surface area contributed by atoms with Gasteiger partial charge in [0.15, 0.2) is 5.11 Å². The van der Waals surface area contributed by atoms with Crippen LogP contribution in [0.25, 0.3) is 10.9 Å². The van der Waals surface area contributed by atoms with Crippen molar-refractivity contribution in [1.82, 2.24) is 15.2 Å². The Hall–Kier alpha value is -3.44. The molecule has 0 fully saturated rings. The first-order chi connectivity index (χ1) is 15.9. The van der Waals surface area contributed by atoms with Gasteiger partial charge in [-0.15, -0.1) is 0 Å². The summed E-state index contributed by atoms with van der Waals surface area (Å²) in [5.74, 6) is 0. The van der Waals surface area contributed by atoms with Crippen molar-refractivity contribution in [2.24, 2.45) is 0 Å². The van der Waals surface area contributed by atoms with Crippen molar-refractivity contribution in [2.75, 3.05) is 0 Å². The third-order valence-electron chi connectivity index (χ3n) is 5.89. The lowest BCUT2D eigenvalue weighted by molar-refractivity contribution is 0.392. The van der Waals surface area contributed by atoms with Gasteiger partial charge in [0.05, 0.1) is 12.6 Å². The van der Waals surface area contributed by atoms with Gasteiger partial charge in [-0.25, -0.2) is 0 Å². The van der Waals surface area contributed by atoms with Gasteiger partial charge >= 0.3 is 0 Å². The van der Waals surface area contributed by atoms with E-state index in [1.165, 1.54) is 0 Å². The SMILES string of the molecule is Cc1cc(C)c2cc(CN(Cc3ccccc3)C(=S)NC(C)c3ccccc3)c(=O)[nH]c2c1. The number of benzene rings is 3. The summed E-state index contributed by atoms with van der Waals surface area (Å²) in [6.07, 6.45) is 0. The molecule has 168 valence electrons. The van der Waals surface area contributed by atoms with E-state index in [9.17, 15) is 4.79 Å². The second kappa shape index (κ2) is 10.0. The third kappa shape index (κ3) is 5.49. The van der Waals surface area contributed by atoms with Crippen LogP contribution in [0.4, 0.5) is 0 Å². The van der Waals surface area contributed by atoms with Crippen molar-refractivity contribution < 1.29 is 0 Å². The lowest BCUT2D eigenvalue weighted by Gasteiger charge is -2.28. The number of aryl methyl sites for hydroxylation is 2. The Labute approximate surface area is 200 Å². The molecular weight excluding hydrogens is 426 g/mol. The minimum atomic E-state index is -0.0792. The topological polar surface area (TPSA) is 48.1 Å². The molecule has 2 N–H and O–H groups in total. The normalized spacial score (nSPS) is 11.8. The smallest absolute Gasteiger partial charge is 0.253 e. The summed E-state index contributed by atoms with van der Waals surface area (Å²) in [6.45, 7) is 7.24. The summed E-state index contributed by atoms with van der Waals surface area (Å²) in [5, 5.41) is 5.14. The van der Waals surface area contributed by atoms with E-state index < -0.39 is 0 Å². The molecule has 1 aromatic heterocycles. The molecule has 33 heavy (non-hydrogen) atoms. The van der Waals surface area contributed by atoms with E-state index in [4.69, 9.17) is 12.2 Å². The average molecular weight is 456 g/mol. The largest absolute Gasteiger partial charge is 0.356 e. The Kier molecular flexibility index (Phi) is 6.90. The van der Waals surface area contributed by atoms with E-state index >= 15 is 0 Å².